The van der Waals surface area contributed by atoms with Crippen LogP contribution in [-0.4, -0.2) is 40.0 Å². The minimum absolute atomic E-state index is 0.0569. The van der Waals surface area contributed by atoms with Gasteiger partial charge >= 0.3 is 0 Å². The second kappa shape index (κ2) is 4.76. The molecule has 78 valence electrons. The number of nitrogens with two attached hydrogens (primary N) is 1. The van der Waals surface area contributed by atoms with Crippen LogP contribution in [0.25, 0.3) is 0 Å². The zero-order chi connectivity index (χ0) is 10.6. The van der Waals surface area contributed by atoms with Gasteiger partial charge in [0.1, 0.15) is 5.69 Å². The van der Waals surface area contributed by atoms with Gasteiger partial charge in [-0.15, -0.1) is 0 Å². The Balaban J connectivity index is 2.72. The lowest BCUT2D eigenvalue weighted by Crippen LogP contribution is -2.35. The van der Waals surface area contributed by atoms with E-state index in [4.69, 9.17) is 5.73 Å². The van der Waals surface area contributed by atoms with Gasteiger partial charge in [0.05, 0.1) is 6.33 Å². The standard InChI is InChI=1S/C9H16N4O/c1-3-13(5-4-10)9(14)8-6-12(2)7-11-8/h6-7H,3-5,10H2,1-2H3. The molecule has 1 heterocycles. The molecule has 2 N–H and O–H groups in total. The van der Waals surface area contributed by atoms with Gasteiger partial charge in [0.25, 0.3) is 5.91 Å². The number of likely N-dealkylation sites (N-methyl/N-ethyl adjacent to an activating group) is 1. The van der Waals surface area contributed by atoms with Gasteiger partial charge in [0, 0.05) is 32.9 Å². The number of carbonyl (C=O) groups is 1. The summed E-state index contributed by atoms with van der Waals surface area (Å²) in [5, 5.41) is 0. The van der Waals surface area contributed by atoms with Crippen molar-refractivity contribution in [1.29, 1.82) is 0 Å². The summed E-state index contributed by atoms with van der Waals surface area (Å²) in [5.41, 5.74) is 5.88. The van der Waals surface area contributed by atoms with Gasteiger partial charge in [-0.25, -0.2) is 4.98 Å². The molecule has 0 saturated heterocycles. The summed E-state index contributed by atoms with van der Waals surface area (Å²) in [5.74, 6) is -0.0569. The average Bonchev–Trinajstić information content (AvgIpc) is 2.60. The van der Waals surface area contributed by atoms with Gasteiger partial charge < -0.3 is 15.2 Å². The van der Waals surface area contributed by atoms with Crippen LogP contribution in [0.3, 0.4) is 0 Å². The monoisotopic (exact) mass is 196 g/mol. The molecule has 5 heteroatoms. The van der Waals surface area contributed by atoms with E-state index in [0.29, 0.717) is 25.3 Å². The first kappa shape index (κ1) is 10.7. The van der Waals surface area contributed by atoms with Crippen molar-refractivity contribution in [2.45, 2.75) is 6.92 Å². The number of aryl methyl sites for hydroxylation is 1. The molecule has 0 bridgehead atoms. The topological polar surface area (TPSA) is 64.2 Å². The summed E-state index contributed by atoms with van der Waals surface area (Å²) in [6.45, 7) is 3.64. The normalized spacial score (nSPS) is 10.2. The van der Waals surface area contributed by atoms with E-state index in [1.54, 1.807) is 22.0 Å². The zero-order valence-corrected chi connectivity index (χ0v) is 8.60. The van der Waals surface area contributed by atoms with Crippen molar-refractivity contribution in [2.75, 3.05) is 19.6 Å². The molecule has 1 rings (SSSR count). The fourth-order valence-corrected chi connectivity index (χ4v) is 1.24. The zero-order valence-electron chi connectivity index (χ0n) is 8.60. The van der Waals surface area contributed by atoms with Crippen molar-refractivity contribution in [2.24, 2.45) is 12.8 Å². The van der Waals surface area contributed by atoms with E-state index in [1.165, 1.54) is 0 Å². The second-order valence-electron chi connectivity index (χ2n) is 3.10. The van der Waals surface area contributed by atoms with Gasteiger partial charge in [-0.2, -0.15) is 0 Å². The van der Waals surface area contributed by atoms with Crippen molar-refractivity contribution < 1.29 is 4.79 Å². The highest BCUT2D eigenvalue weighted by molar-refractivity contribution is 5.92. The lowest BCUT2D eigenvalue weighted by molar-refractivity contribution is 0.0763. The highest BCUT2D eigenvalue weighted by Crippen LogP contribution is 2.00. The molecule has 5 nitrogen and oxygen atoms in total. The highest BCUT2D eigenvalue weighted by atomic mass is 16.2. The number of aromatic nitrogens is 2. The molecule has 1 amide bonds. The van der Waals surface area contributed by atoms with Crippen LogP contribution in [0.15, 0.2) is 12.5 Å². The van der Waals surface area contributed by atoms with Crippen molar-refractivity contribution in [3.05, 3.63) is 18.2 Å². The molecule has 0 aliphatic heterocycles. The van der Waals surface area contributed by atoms with Gasteiger partial charge in [-0.3, -0.25) is 4.79 Å². The van der Waals surface area contributed by atoms with Crippen molar-refractivity contribution in [1.82, 2.24) is 14.5 Å². The number of hydrogen-bond donors (Lipinski definition) is 1. The number of amides is 1. The van der Waals surface area contributed by atoms with Crippen molar-refractivity contribution in [3.63, 3.8) is 0 Å². The van der Waals surface area contributed by atoms with Crippen LogP contribution in [0.1, 0.15) is 17.4 Å². The smallest absolute Gasteiger partial charge is 0.274 e. The number of hydrogen-bond acceptors (Lipinski definition) is 3. The molecule has 0 aromatic carbocycles. The van der Waals surface area contributed by atoms with Gasteiger partial charge in [-0.05, 0) is 6.92 Å². The SMILES string of the molecule is CCN(CCN)C(=O)c1cn(C)cn1. The van der Waals surface area contributed by atoms with Crippen LogP contribution in [0, 0.1) is 0 Å². The molecule has 0 unspecified atom stereocenters. The fraction of sp³-hybridized carbons (Fsp3) is 0.556. The van der Waals surface area contributed by atoms with Crippen LogP contribution in [0.4, 0.5) is 0 Å². The Bertz CT molecular complexity index is 308. The largest absolute Gasteiger partial charge is 0.340 e. The fourth-order valence-electron chi connectivity index (χ4n) is 1.24. The van der Waals surface area contributed by atoms with Crippen LogP contribution in [0.5, 0.6) is 0 Å². The molecule has 1 aromatic heterocycles. The lowest BCUT2D eigenvalue weighted by atomic mass is 10.3. The quantitative estimate of drug-likeness (QED) is 0.727. The molecule has 1 aromatic rings. The Hall–Kier alpha value is -1.36. The third-order valence-corrected chi connectivity index (χ3v) is 1.99. The van der Waals surface area contributed by atoms with E-state index in [0.717, 1.165) is 0 Å². The first-order chi connectivity index (χ1) is 6.69. The van der Waals surface area contributed by atoms with Crippen LogP contribution < -0.4 is 5.73 Å². The molecule has 0 atom stereocenters. The Morgan fingerprint density at radius 3 is 2.86 bits per heavy atom. The van der Waals surface area contributed by atoms with E-state index in [-0.39, 0.29) is 5.91 Å². The minimum atomic E-state index is -0.0569. The Morgan fingerprint density at radius 2 is 2.43 bits per heavy atom. The predicted molar refractivity (Wildman–Crippen MR) is 53.8 cm³/mol. The second-order valence-corrected chi connectivity index (χ2v) is 3.10. The number of carbonyl (C=O) groups excluding carboxylic acids is 1. The Kier molecular flexibility index (Phi) is 3.64. The predicted octanol–water partition coefficient (Wildman–Crippen LogP) is -0.159. The highest BCUT2D eigenvalue weighted by Gasteiger charge is 2.15. The van der Waals surface area contributed by atoms with Crippen molar-refractivity contribution in [3.8, 4) is 0 Å². The summed E-state index contributed by atoms with van der Waals surface area (Å²) in [6.07, 6.45) is 3.32. The van der Waals surface area contributed by atoms with Crippen LogP contribution in [0.2, 0.25) is 0 Å². The maximum absolute atomic E-state index is 11.8. The maximum Gasteiger partial charge on any atom is 0.274 e. The van der Waals surface area contributed by atoms with E-state index in [1.807, 2.05) is 14.0 Å². The molecule has 0 fully saturated rings. The van der Waals surface area contributed by atoms with Crippen LogP contribution in [-0.2, 0) is 7.05 Å². The third-order valence-electron chi connectivity index (χ3n) is 1.99. The lowest BCUT2D eigenvalue weighted by Gasteiger charge is -2.18. The summed E-state index contributed by atoms with van der Waals surface area (Å²) in [6, 6.07) is 0. The molecular weight excluding hydrogens is 180 g/mol. The van der Waals surface area contributed by atoms with Gasteiger partial charge in [0.2, 0.25) is 0 Å². The number of nitrogens with zero attached hydrogens (tertiary/aromatic N) is 3. The maximum atomic E-state index is 11.8. The average molecular weight is 196 g/mol. The van der Waals surface area contributed by atoms with Gasteiger partial charge in [-0.1, -0.05) is 0 Å². The molecule has 0 aliphatic carbocycles. The molecule has 0 radical (unpaired) electrons. The number of rotatable bonds is 4. The van der Waals surface area contributed by atoms with E-state index in [2.05, 4.69) is 4.98 Å². The molecule has 0 aliphatic rings. The minimum Gasteiger partial charge on any atom is -0.340 e. The Morgan fingerprint density at radius 1 is 1.71 bits per heavy atom. The molecular formula is C9H16N4O. The first-order valence-electron chi connectivity index (χ1n) is 4.66. The van der Waals surface area contributed by atoms with E-state index < -0.39 is 0 Å². The van der Waals surface area contributed by atoms with E-state index >= 15 is 0 Å². The summed E-state index contributed by atoms with van der Waals surface area (Å²) in [4.78, 5) is 17.5. The van der Waals surface area contributed by atoms with Crippen molar-refractivity contribution >= 4 is 5.91 Å². The summed E-state index contributed by atoms with van der Waals surface area (Å²) in [7, 11) is 1.84. The summed E-state index contributed by atoms with van der Waals surface area (Å²) >= 11 is 0. The van der Waals surface area contributed by atoms with E-state index in [9.17, 15) is 4.79 Å². The third kappa shape index (κ3) is 2.32. The van der Waals surface area contributed by atoms with Gasteiger partial charge in [0.15, 0.2) is 0 Å². The first-order valence-corrected chi connectivity index (χ1v) is 4.66. The van der Waals surface area contributed by atoms with Crippen LogP contribution >= 0.6 is 0 Å². The Labute approximate surface area is 83.5 Å². The molecule has 0 saturated carbocycles. The summed E-state index contributed by atoms with van der Waals surface area (Å²) < 4.78 is 1.75. The number of imidazole rings is 1. The molecule has 14 heavy (non-hydrogen) atoms. The molecule has 0 spiro atoms.